The van der Waals surface area contributed by atoms with Crippen molar-refractivity contribution in [1.29, 1.82) is 0 Å². The van der Waals surface area contributed by atoms with Crippen LogP contribution in [0, 0.1) is 0 Å². The second-order valence-electron chi connectivity index (χ2n) is 4.52. The van der Waals surface area contributed by atoms with Gasteiger partial charge >= 0.3 is 0 Å². The van der Waals surface area contributed by atoms with Crippen LogP contribution in [0.15, 0.2) is 60.7 Å². The van der Waals surface area contributed by atoms with Gasteiger partial charge in [-0.25, -0.2) is 0 Å². The molecule has 1 unspecified atom stereocenters. The molecule has 2 heteroatoms. The Balaban J connectivity index is 2.24. The number of hydrogen-bond acceptors (Lipinski definition) is 1. The van der Waals surface area contributed by atoms with E-state index in [0.717, 1.165) is 6.42 Å². The quantitative estimate of drug-likeness (QED) is 0.791. The Hall–Kier alpha value is -1.54. The van der Waals surface area contributed by atoms with Gasteiger partial charge in [0, 0.05) is 11.9 Å². The third kappa shape index (κ3) is 3.48. The Bertz CT molecular complexity index is 414. The van der Waals surface area contributed by atoms with Crippen molar-refractivity contribution >= 4 is 7.85 Å². The van der Waals surface area contributed by atoms with E-state index in [-0.39, 0.29) is 0 Å². The Morgan fingerprint density at radius 3 is 1.61 bits per heavy atom. The van der Waals surface area contributed by atoms with Crippen molar-refractivity contribution < 1.29 is 5.11 Å². The van der Waals surface area contributed by atoms with Crippen LogP contribution in [0.3, 0.4) is 0 Å². The smallest absolute Gasteiger partial charge is 0.108 e. The van der Waals surface area contributed by atoms with E-state index >= 15 is 0 Å². The van der Waals surface area contributed by atoms with Crippen LogP contribution in [-0.4, -0.2) is 19.0 Å². The second-order valence-corrected chi connectivity index (χ2v) is 4.52. The fourth-order valence-electron chi connectivity index (χ4n) is 2.23. The maximum absolute atomic E-state index is 9.27. The second kappa shape index (κ2) is 6.41. The summed E-state index contributed by atoms with van der Waals surface area (Å²) in [6.45, 7) is 0. The lowest BCUT2D eigenvalue weighted by Crippen LogP contribution is -2.09. The van der Waals surface area contributed by atoms with E-state index in [9.17, 15) is 5.11 Å². The van der Waals surface area contributed by atoms with Crippen LogP contribution in [0.5, 0.6) is 0 Å². The monoisotopic (exact) mass is 236 g/mol. The number of benzene rings is 2. The molecule has 1 atom stereocenters. The van der Waals surface area contributed by atoms with Gasteiger partial charge in [0.05, 0.1) is 0 Å². The number of hydrogen-bond donors (Lipinski definition) is 1. The Morgan fingerprint density at radius 2 is 1.22 bits per heavy atom. The third-order valence-corrected chi connectivity index (χ3v) is 3.15. The molecule has 0 amide bonds. The summed E-state index contributed by atoms with van der Waals surface area (Å²) >= 11 is 0. The molecule has 1 nitrogen and oxygen atoms in total. The van der Waals surface area contributed by atoms with Crippen LogP contribution in [0.2, 0.25) is 0 Å². The molecule has 0 aliphatic rings. The zero-order chi connectivity index (χ0) is 12.8. The SMILES string of the molecule is [B]C(O)CCC(c1ccccc1)c1ccccc1. The Labute approximate surface area is 110 Å². The normalized spacial score (nSPS) is 12.6. The summed E-state index contributed by atoms with van der Waals surface area (Å²) < 4.78 is 0. The average molecular weight is 236 g/mol. The van der Waals surface area contributed by atoms with E-state index in [1.54, 1.807) is 0 Å². The number of aliphatic hydroxyl groups is 1. The molecule has 2 rings (SSSR count). The minimum absolute atomic E-state index is 0.297. The summed E-state index contributed by atoms with van der Waals surface area (Å²) in [6, 6.07) is 20.0. The van der Waals surface area contributed by atoms with Gasteiger partial charge < -0.3 is 5.11 Å². The first-order chi connectivity index (χ1) is 8.77. The standard InChI is InChI=1S/C16H17BO/c17-16(18)12-11-15(13-7-3-1-4-8-13)14-9-5-2-6-10-14/h1-10,15-16,18H,11-12H2. The van der Waals surface area contributed by atoms with E-state index < -0.39 is 6.00 Å². The van der Waals surface area contributed by atoms with Crippen molar-refractivity contribution in [3.8, 4) is 0 Å². The molecule has 0 saturated carbocycles. The molecule has 0 aliphatic carbocycles. The van der Waals surface area contributed by atoms with Gasteiger partial charge in [0.2, 0.25) is 0 Å². The van der Waals surface area contributed by atoms with Gasteiger partial charge in [-0.05, 0) is 24.0 Å². The molecule has 0 bridgehead atoms. The van der Waals surface area contributed by atoms with E-state index in [4.69, 9.17) is 7.85 Å². The van der Waals surface area contributed by atoms with Gasteiger partial charge in [-0.3, -0.25) is 0 Å². The van der Waals surface area contributed by atoms with Crippen LogP contribution in [0.25, 0.3) is 0 Å². The van der Waals surface area contributed by atoms with Gasteiger partial charge in [0.25, 0.3) is 0 Å². The van der Waals surface area contributed by atoms with Gasteiger partial charge in [-0.2, -0.15) is 0 Å². The predicted molar refractivity (Wildman–Crippen MR) is 75.7 cm³/mol. The van der Waals surface area contributed by atoms with Crippen molar-refractivity contribution in [2.45, 2.75) is 24.8 Å². The lowest BCUT2D eigenvalue weighted by molar-refractivity contribution is 0.239. The maximum Gasteiger partial charge on any atom is 0.108 e. The molecule has 90 valence electrons. The van der Waals surface area contributed by atoms with Gasteiger partial charge in [-0.1, -0.05) is 60.7 Å². The van der Waals surface area contributed by atoms with Gasteiger partial charge in [0.1, 0.15) is 7.85 Å². The zero-order valence-electron chi connectivity index (χ0n) is 10.4. The summed E-state index contributed by atoms with van der Waals surface area (Å²) in [6.07, 6.45) is 1.46. The van der Waals surface area contributed by atoms with Crippen molar-refractivity contribution in [3.05, 3.63) is 71.8 Å². The molecule has 2 aromatic carbocycles. The lowest BCUT2D eigenvalue weighted by atomic mass is 9.84. The molecule has 1 N–H and O–H groups in total. The molecule has 0 saturated heterocycles. The fraction of sp³-hybridized carbons (Fsp3) is 0.250. The topological polar surface area (TPSA) is 20.2 Å². The highest BCUT2D eigenvalue weighted by molar-refractivity contribution is 6.10. The molecule has 0 heterocycles. The summed E-state index contributed by atoms with van der Waals surface area (Å²) in [7, 11) is 5.45. The van der Waals surface area contributed by atoms with Crippen molar-refractivity contribution in [2.24, 2.45) is 0 Å². The van der Waals surface area contributed by atoms with E-state index in [1.165, 1.54) is 11.1 Å². The Kier molecular flexibility index (Phi) is 4.60. The first-order valence-corrected chi connectivity index (χ1v) is 6.31. The summed E-state index contributed by atoms with van der Waals surface area (Å²) in [5.41, 5.74) is 2.54. The minimum Gasteiger partial charge on any atom is -0.403 e. The third-order valence-electron chi connectivity index (χ3n) is 3.15. The van der Waals surface area contributed by atoms with Crippen LogP contribution in [0.4, 0.5) is 0 Å². The average Bonchev–Trinajstić information content (AvgIpc) is 2.41. The van der Waals surface area contributed by atoms with E-state index in [0.29, 0.717) is 12.3 Å². The summed E-state index contributed by atoms with van der Waals surface area (Å²) in [5.74, 6) is 0.297. The van der Waals surface area contributed by atoms with Crippen LogP contribution < -0.4 is 0 Å². The van der Waals surface area contributed by atoms with Crippen LogP contribution >= 0.6 is 0 Å². The molecule has 0 fully saturated rings. The highest BCUT2D eigenvalue weighted by Crippen LogP contribution is 2.29. The van der Waals surface area contributed by atoms with Gasteiger partial charge in [0.15, 0.2) is 0 Å². The predicted octanol–water partition coefficient (Wildman–Crippen LogP) is 3.09. The van der Waals surface area contributed by atoms with E-state index in [2.05, 4.69) is 24.3 Å². The molecule has 0 spiro atoms. The molecule has 2 aromatic rings. The molecule has 18 heavy (non-hydrogen) atoms. The molecule has 0 aliphatic heterocycles. The largest absolute Gasteiger partial charge is 0.403 e. The van der Waals surface area contributed by atoms with Crippen molar-refractivity contribution in [2.75, 3.05) is 0 Å². The summed E-state index contributed by atoms with van der Waals surface area (Å²) in [4.78, 5) is 0. The molecular weight excluding hydrogens is 219 g/mol. The van der Waals surface area contributed by atoms with Crippen molar-refractivity contribution in [3.63, 3.8) is 0 Å². The Morgan fingerprint density at radius 1 is 0.778 bits per heavy atom. The first kappa shape index (κ1) is 12.9. The van der Waals surface area contributed by atoms with Crippen LogP contribution in [-0.2, 0) is 0 Å². The fourth-order valence-corrected chi connectivity index (χ4v) is 2.23. The van der Waals surface area contributed by atoms with E-state index in [1.807, 2.05) is 36.4 Å². The minimum atomic E-state index is -0.736. The molecule has 0 aromatic heterocycles. The van der Waals surface area contributed by atoms with Crippen molar-refractivity contribution in [1.82, 2.24) is 0 Å². The highest BCUT2D eigenvalue weighted by Gasteiger charge is 2.14. The first-order valence-electron chi connectivity index (χ1n) is 6.31. The number of rotatable bonds is 5. The number of aliphatic hydroxyl groups excluding tert-OH is 1. The zero-order valence-corrected chi connectivity index (χ0v) is 10.4. The molecule has 2 radical (unpaired) electrons. The highest BCUT2D eigenvalue weighted by atomic mass is 16.3. The lowest BCUT2D eigenvalue weighted by Gasteiger charge is -2.19. The van der Waals surface area contributed by atoms with Gasteiger partial charge in [-0.15, -0.1) is 0 Å². The summed E-state index contributed by atoms with van der Waals surface area (Å²) in [5, 5.41) is 9.27. The maximum atomic E-state index is 9.27. The van der Waals surface area contributed by atoms with Crippen LogP contribution in [0.1, 0.15) is 29.9 Å². The molecular formula is C16H17BO.